The number of hydrogen-bond donors (Lipinski definition) is 3. The van der Waals surface area contributed by atoms with Crippen LogP contribution in [0.5, 0.6) is 0 Å². The lowest BCUT2D eigenvalue weighted by Gasteiger charge is -2.24. The third kappa shape index (κ3) is 7.88. The number of halogens is 6. The molecule has 0 fully saturated rings. The number of ether oxygens (including phenoxy) is 1. The number of esters is 1. The van der Waals surface area contributed by atoms with E-state index in [1.165, 1.54) is 25.2 Å². The van der Waals surface area contributed by atoms with E-state index in [9.17, 15) is 22.8 Å². The molecule has 2 amide bonds. The summed E-state index contributed by atoms with van der Waals surface area (Å²) in [5.41, 5.74) is 1.80. The predicted molar refractivity (Wildman–Crippen MR) is 119 cm³/mol. The molecular weight excluding hydrogens is 510 g/mol. The van der Waals surface area contributed by atoms with Crippen molar-refractivity contribution in [3.8, 4) is 0 Å². The predicted octanol–water partition coefficient (Wildman–Crippen LogP) is 5.23. The smallest absolute Gasteiger partial charge is 0.417 e. The molecule has 1 heterocycles. The molecule has 0 aliphatic rings. The van der Waals surface area contributed by atoms with Gasteiger partial charge in [-0.15, -0.1) is 0 Å². The van der Waals surface area contributed by atoms with Crippen molar-refractivity contribution < 1.29 is 27.5 Å². The summed E-state index contributed by atoms with van der Waals surface area (Å²) >= 11 is 17.8. The van der Waals surface area contributed by atoms with Gasteiger partial charge in [0, 0.05) is 18.3 Å². The van der Waals surface area contributed by atoms with Crippen molar-refractivity contribution >= 4 is 58.3 Å². The number of hydrogen-bond acceptors (Lipinski definition) is 6. The van der Waals surface area contributed by atoms with E-state index in [-0.39, 0.29) is 34.0 Å². The standard InChI is InChI=1S/C19H17Cl3F3N5O3/c1-3-33-16(31)8-15(28-18(32)27-14-5-4-11(20)7-12(14)21)29-30(2)17-13(22)6-10(9-26-17)19(23,24)25/h4-9,29H,3H2,1-2H3,(H2,27,28,32). The summed E-state index contributed by atoms with van der Waals surface area (Å²) in [6.45, 7) is 1.65. The van der Waals surface area contributed by atoms with Gasteiger partial charge in [0.1, 0.15) is 5.82 Å². The minimum atomic E-state index is -4.63. The minimum Gasteiger partial charge on any atom is -0.463 e. The van der Waals surface area contributed by atoms with E-state index in [2.05, 4.69) is 21.0 Å². The first-order chi connectivity index (χ1) is 15.4. The van der Waals surface area contributed by atoms with Crippen LogP contribution in [0, 0.1) is 0 Å². The molecule has 0 spiro atoms. The molecule has 8 nitrogen and oxygen atoms in total. The summed E-state index contributed by atoms with van der Waals surface area (Å²) in [7, 11) is 1.36. The lowest BCUT2D eigenvalue weighted by molar-refractivity contribution is -0.138. The van der Waals surface area contributed by atoms with Crippen molar-refractivity contribution in [1.29, 1.82) is 0 Å². The number of anilines is 2. The Morgan fingerprint density at radius 2 is 1.88 bits per heavy atom. The highest BCUT2D eigenvalue weighted by Gasteiger charge is 2.32. The Labute approximate surface area is 201 Å². The van der Waals surface area contributed by atoms with Crippen LogP contribution in [-0.4, -0.2) is 30.6 Å². The summed E-state index contributed by atoms with van der Waals surface area (Å²) in [4.78, 5) is 28.0. The van der Waals surface area contributed by atoms with Crippen LogP contribution in [0.2, 0.25) is 15.1 Å². The summed E-state index contributed by atoms with van der Waals surface area (Å²) in [6, 6.07) is 4.27. The zero-order chi connectivity index (χ0) is 24.8. The fourth-order valence-electron chi connectivity index (χ4n) is 2.33. The van der Waals surface area contributed by atoms with E-state index in [1.54, 1.807) is 6.92 Å². The van der Waals surface area contributed by atoms with E-state index < -0.39 is 23.7 Å². The fourth-order valence-corrected chi connectivity index (χ4v) is 3.08. The van der Waals surface area contributed by atoms with Gasteiger partial charge in [-0.1, -0.05) is 34.8 Å². The SMILES string of the molecule is CCOC(=O)C=C(NC(=O)Nc1ccc(Cl)cc1Cl)NN(C)c1ncc(C(F)(F)F)cc1Cl. The van der Waals surface area contributed by atoms with Gasteiger partial charge in [-0.25, -0.2) is 14.6 Å². The number of pyridine rings is 1. The summed E-state index contributed by atoms with van der Waals surface area (Å²) in [5, 5.41) is 6.13. The highest BCUT2D eigenvalue weighted by atomic mass is 35.5. The minimum absolute atomic E-state index is 0.0668. The van der Waals surface area contributed by atoms with Crippen LogP contribution in [0.15, 0.2) is 42.4 Å². The number of amides is 2. The van der Waals surface area contributed by atoms with E-state index >= 15 is 0 Å². The molecule has 0 aliphatic heterocycles. The molecule has 0 saturated carbocycles. The number of carbonyl (C=O) groups is 2. The molecule has 0 bridgehead atoms. The van der Waals surface area contributed by atoms with Gasteiger partial charge >= 0.3 is 18.2 Å². The molecule has 0 atom stereocenters. The average Bonchev–Trinajstić information content (AvgIpc) is 2.69. The van der Waals surface area contributed by atoms with Crippen molar-refractivity contribution in [3.05, 3.63) is 63.0 Å². The maximum atomic E-state index is 12.8. The van der Waals surface area contributed by atoms with Crippen LogP contribution in [0.1, 0.15) is 12.5 Å². The van der Waals surface area contributed by atoms with Gasteiger partial charge < -0.3 is 10.1 Å². The second-order valence-electron chi connectivity index (χ2n) is 6.21. The number of nitrogens with zero attached hydrogens (tertiary/aromatic N) is 2. The molecule has 2 aromatic rings. The van der Waals surface area contributed by atoms with E-state index in [0.717, 1.165) is 11.1 Å². The highest BCUT2D eigenvalue weighted by molar-refractivity contribution is 6.36. The Bertz CT molecular complexity index is 1070. The number of nitrogens with one attached hydrogen (secondary N) is 3. The lowest BCUT2D eigenvalue weighted by atomic mass is 10.3. The molecule has 0 saturated heterocycles. The van der Waals surface area contributed by atoms with E-state index in [1.807, 2.05) is 0 Å². The van der Waals surface area contributed by atoms with Gasteiger partial charge in [-0.3, -0.25) is 15.8 Å². The van der Waals surface area contributed by atoms with Crippen LogP contribution in [0.25, 0.3) is 0 Å². The maximum absolute atomic E-state index is 12.8. The lowest BCUT2D eigenvalue weighted by Crippen LogP contribution is -2.43. The maximum Gasteiger partial charge on any atom is 0.417 e. The quantitative estimate of drug-likeness (QED) is 0.260. The number of urea groups is 1. The normalized spacial score (nSPS) is 11.6. The molecule has 33 heavy (non-hydrogen) atoms. The van der Waals surface area contributed by atoms with Crippen molar-refractivity contribution in [1.82, 2.24) is 15.7 Å². The number of aromatic nitrogens is 1. The number of hydrazine groups is 1. The molecule has 14 heteroatoms. The Kier molecular flexibility index (Phi) is 9.03. The molecule has 1 aromatic heterocycles. The van der Waals surface area contributed by atoms with Gasteiger partial charge in [-0.05, 0) is 31.2 Å². The first-order valence-electron chi connectivity index (χ1n) is 9.05. The first kappa shape index (κ1) is 26.4. The molecule has 0 aliphatic carbocycles. The molecule has 0 radical (unpaired) electrons. The second-order valence-corrected chi connectivity index (χ2v) is 7.46. The Hall–Kier alpha value is -2.89. The third-order valence-electron chi connectivity index (χ3n) is 3.73. The van der Waals surface area contributed by atoms with Crippen molar-refractivity contribution in [2.45, 2.75) is 13.1 Å². The van der Waals surface area contributed by atoms with Crippen LogP contribution in [-0.2, 0) is 15.7 Å². The van der Waals surface area contributed by atoms with Gasteiger partial charge in [0.2, 0.25) is 0 Å². The van der Waals surface area contributed by atoms with Gasteiger partial charge in [0.05, 0.1) is 34.0 Å². The summed E-state index contributed by atoms with van der Waals surface area (Å²) < 4.78 is 43.3. The van der Waals surface area contributed by atoms with E-state index in [0.29, 0.717) is 17.3 Å². The third-order valence-corrected chi connectivity index (χ3v) is 4.56. The molecular formula is C19H17Cl3F3N5O3. The van der Waals surface area contributed by atoms with Crippen LogP contribution in [0.3, 0.4) is 0 Å². The zero-order valence-electron chi connectivity index (χ0n) is 17.1. The number of benzene rings is 1. The van der Waals surface area contributed by atoms with E-state index in [4.69, 9.17) is 39.5 Å². The summed E-state index contributed by atoms with van der Waals surface area (Å²) in [5.74, 6) is -1.11. The van der Waals surface area contributed by atoms with Crippen molar-refractivity contribution in [3.63, 3.8) is 0 Å². The van der Waals surface area contributed by atoms with Crippen molar-refractivity contribution in [2.24, 2.45) is 0 Å². The Morgan fingerprint density at radius 1 is 1.18 bits per heavy atom. The van der Waals surface area contributed by atoms with Gasteiger partial charge in [-0.2, -0.15) is 13.2 Å². The monoisotopic (exact) mass is 525 g/mol. The number of carbonyl (C=O) groups excluding carboxylic acids is 2. The molecule has 0 unspecified atom stereocenters. The fraction of sp³-hybridized carbons (Fsp3) is 0.211. The number of rotatable bonds is 7. The Morgan fingerprint density at radius 3 is 2.45 bits per heavy atom. The van der Waals surface area contributed by atoms with Gasteiger partial charge in [0.25, 0.3) is 0 Å². The second kappa shape index (κ2) is 11.3. The molecule has 178 valence electrons. The van der Waals surface area contributed by atoms with Crippen LogP contribution < -0.4 is 21.1 Å². The van der Waals surface area contributed by atoms with Gasteiger partial charge in [0.15, 0.2) is 5.82 Å². The first-order valence-corrected chi connectivity index (χ1v) is 10.2. The van der Waals surface area contributed by atoms with Crippen LogP contribution in [0.4, 0.5) is 29.5 Å². The zero-order valence-corrected chi connectivity index (χ0v) is 19.3. The molecule has 3 N–H and O–H groups in total. The average molecular weight is 527 g/mol. The summed E-state index contributed by atoms with van der Waals surface area (Å²) in [6.07, 6.45) is -3.11. The largest absolute Gasteiger partial charge is 0.463 e. The topological polar surface area (TPSA) is 95.6 Å². The highest BCUT2D eigenvalue weighted by Crippen LogP contribution is 2.33. The van der Waals surface area contributed by atoms with Crippen LogP contribution >= 0.6 is 34.8 Å². The number of alkyl halides is 3. The molecule has 1 aromatic carbocycles. The molecule has 2 rings (SSSR count). The Balaban J connectivity index is 2.21. The van der Waals surface area contributed by atoms with Crippen molar-refractivity contribution in [2.75, 3.05) is 24.0 Å².